The van der Waals surface area contributed by atoms with Gasteiger partial charge in [0.1, 0.15) is 5.69 Å². The molecule has 0 aliphatic carbocycles. The fourth-order valence-corrected chi connectivity index (χ4v) is 3.29. The Hall–Kier alpha value is -2.26. The lowest BCUT2D eigenvalue weighted by atomic mass is 10.1. The van der Waals surface area contributed by atoms with Gasteiger partial charge < -0.3 is 20.1 Å². The lowest BCUT2D eigenvalue weighted by Crippen LogP contribution is -2.44. The van der Waals surface area contributed by atoms with Gasteiger partial charge in [-0.05, 0) is 17.7 Å². The van der Waals surface area contributed by atoms with E-state index in [1.807, 2.05) is 0 Å². The van der Waals surface area contributed by atoms with Gasteiger partial charge in [-0.1, -0.05) is 35.8 Å². The summed E-state index contributed by atoms with van der Waals surface area (Å²) < 4.78 is 1.76. The highest BCUT2D eigenvalue weighted by Gasteiger charge is 2.35. The maximum absolute atomic E-state index is 12.9. The number of nitrogens with one attached hydrogen (secondary N) is 1. The Bertz CT molecular complexity index is 930. The molecule has 3 rings (SSSR count). The summed E-state index contributed by atoms with van der Waals surface area (Å²) in [5.41, 5.74) is 1.98. The van der Waals surface area contributed by atoms with Crippen LogP contribution in [0.15, 0.2) is 24.8 Å². The number of anilines is 2. The molecule has 1 aromatic carbocycles. The fourth-order valence-electron chi connectivity index (χ4n) is 2.97. The van der Waals surface area contributed by atoms with Crippen LogP contribution in [-0.4, -0.2) is 57.0 Å². The van der Waals surface area contributed by atoms with Gasteiger partial charge in [-0.15, -0.1) is 0 Å². The molecule has 1 aliphatic heterocycles. The van der Waals surface area contributed by atoms with Crippen LogP contribution in [0, 0.1) is 0 Å². The van der Waals surface area contributed by atoms with Gasteiger partial charge in [0.25, 0.3) is 0 Å². The number of aromatic nitrogens is 2. The predicted octanol–water partition coefficient (Wildman–Crippen LogP) is 2.53. The van der Waals surface area contributed by atoms with Crippen molar-refractivity contribution in [2.75, 3.05) is 30.4 Å². The number of benzene rings is 1. The van der Waals surface area contributed by atoms with Crippen LogP contribution in [0.5, 0.6) is 0 Å². The van der Waals surface area contributed by atoms with E-state index in [9.17, 15) is 9.90 Å². The Labute approximate surface area is 172 Å². The van der Waals surface area contributed by atoms with Gasteiger partial charge in [0.15, 0.2) is 5.82 Å². The number of urea groups is 1. The SMILES string of the molecule is C=C1c2c(nc(NC[C@H](O)CO)n2C)N(C)C(=O)N1Cc1ccc(Cl)c(Cl)c1. The Balaban J connectivity index is 1.90. The third-order valence-corrected chi connectivity index (χ3v) is 5.28. The first-order valence-corrected chi connectivity index (χ1v) is 9.28. The lowest BCUT2D eigenvalue weighted by molar-refractivity contribution is 0.105. The molecule has 28 heavy (non-hydrogen) atoms. The molecule has 0 saturated carbocycles. The van der Waals surface area contributed by atoms with E-state index in [2.05, 4.69) is 16.9 Å². The van der Waals surface area contributed by atoms with Gasteiger partial charge in [-0.2, -0.15) is 4.98 Å². The largest absolute Gasteiger partial charge is 0.394 e. The van der Waals surface area contributed by atoms with Gasteiger partial charge in [-0.3, -0.25) is 9.80 Å². The van der Waals surface area contributed by atoms with Crippen molar-refractivity contribution in [1.29, 1.82) is 0 Å². The molecule has 2 aromatic rings. The zero-order chi connectivity index (χ0) is 20.6. The molecule has 2 heterocycles. The summed E-state index contributed by atoms with van der Waals surface area (Å²) in [7, 11) is 3.42. The number of aliphatic hydroxyl groups is 2. The second kappa shape index (κ2) is 8.00. The minimum Gasteiger partial charge on any atom is -0.394 e. The minimum absolute atomic E-state index is 0.122. The summed E-state index contributed by atoms with van der Waals surface area (Å²) in [5.74, 6) is 0.915. The van der Waals surface area contributed by atoms with E-state index >= 15 is 0 Å². The first kappa shape index (κ1) is 20.5. The van der Waals surface area contributed by atoms with Crippen molar-refractivity contribution >= 4 is 46.7 Å². The van der Waals surface area contributed by atoms with E-state index < -0.39 is 6.10 Å². The number of nitrogens with zero attached hydrogens (tertiary/aromatic N) is 4. The van der Waals surface area contributed by atoms with E-state index in [-0.39, 0.29) is 25.7 Å². The maximum Gasteiger partial charge on any atom is 0.330 e. The zero-order valence-electron chi connectivity index (χ0n) is 15.5. The Kier molecular flexibility index (Phi) is 5.85. The molecule has 1 aliphatic rings. The second-order valence-electron chi connectivity index (χ2n) is 6.51. The summed E-state index contributed by atoms with van der Waals surface area (Å²) in [4.78, 5) is 20.3. The molecule has 8 nitrogen and oxygen atoms in total. The number of halogens is 2. The molecule has 0 fully saturated rings. The van der Waals surface area contributed by atoms with Crippen LogP contribution in [0.25, 0.3) is 5.70 Å². The summed E-state index contributed by atoms with van der Waals surface area (Å²) >= 11 is 12.1. The minimum atomic E-state index is -0.914. The number of hydrogen-bond acceptors (Lipinski definition) is 5. The molecule has 0 saturated heterocycles. The van der Waals surface area contributed by atoms with E-state index in [0.29, 0.717) is 33.2 Å². The molecule has 2 amide bonds. The zero-order valence-corrected chi connectivity index (χ0v) is 17.0. The van der Waals surface area contributed by atoms with Crippen molar-refractivity contribution in [2.45, 2.75) is 12.6 Å². The van der Waals surface area contributed by atoms with E-state index in [1.165, 1.54) is 9.80 Å². The summed E-state index contributed by atoms with van der Waals surface area (Å²) in [5, 5.41) is 22.3. The summed E-state index contributed by atoms with van der Waals surface area (Å²) in [6, 6.07) is 4.93. The first-order chi connectivity index (χ1) is 13.2. The van der Waals surface area contributed by atoms with Crippen molar-refractivity contribution in [2.24, 2.45) is 7.05 Å². The van der Waals surface area contributed by atoms with Gasteiger partial charge >= 0.3 is 6.03 Å². The smallest absolute Gasteiger partial charge is 0.330 e. The molecule has 1 atom stereocenters. The number of imidazole rings is 1. The standard InChI is InChI=1S/C18H21Cl2N5O3/c1-10-15-16(22-17(23(15)2)21-7-12(27)9-26)24(3)18(28)25(10)8-11-4-5-13(19)14(20)6-11/h4-6,12,26-27H,1,7-9H2,2-3H3,(H,21,22)/t12-/m0/s1. The molecule has 3 N–H and O–H groups in total. The third kappa shape index (κ3) is 3.68. The van der Waals surface area contributed by atoms with E-state index in [0.717, 1.165) is 5.56 Å². The molecule has 0 radical (unpaired) electrons. The van der Waals surface area contributed by atoms with Crippen molar-refractivity contribution in [3.8, 4) is 0 Å². The Morgan fingerprint density at radius 1 is 1.29 bits per heavy atom. The average molecular weight is 426 g/mol. The molecule has 0 spiro atoms. The molecule has 0 bridgehead atoms. The van der Waals surface area contributed by atoms with Crippen LogP contribution in [-0.2, 0) is 13.6 Å². The van der Waals surface area contributed by atoms with Crippen LogP contribution < -0.4 is 10.2 Å². The number of hydrogen-bond donors (Lipinski definition) is 3. The first-order valence-electron chi connectivity index (χ1n) is 8.52. The Morgan fingerprint density at radius 2 is 2.00 bits per heavy atom. The van der Waals surface area contributed by atoms with Crippen molar-refractivity contribution in [3.63, 3.8) is 0 Å². The molecular weight excluding hydrogens is 405 g/mol. The number of fused-ring (bicyclic) bond motifs is 1. The molecular formula is C18H21Cl2N5O3. The monoisotopic (exact) mass is 425 g/mol. The Morgan fingerprint density at radius 3 is 2.64 bits per heavy atom. The maximum atomic E-state index is 12.9. The van der Waals surface area contributed by atoms with Gasteiger partial charge in [0, 0.05) is 20.6 Å². The predicted molar refractivity (Wildman–Crippen MR) is 110 cm³/mol. The highest BCUT2D eigenvalue weighted by Crippen LogP contribution is 2.36. The number of aliphatic hydroxyl groups excluding tert-OH is 2. The highest BCUT2D eigenvalue weighted by molar-refractivity contribution is 6.42. The highest BCUT2D eigenvalue weighted by atomic mass is 35.5. The topological polar surface area (TPSA) is 93.9 Å². The van der Waals surface area contributed by atoms with Gasteiger partial charge in [0.05, 0.1) is 35.0 Å². The summed E-state index contributed by atoms with van der Waals surface area (Å²) in [6.07, 6.45) is -0.914. The number of carbonyl (C=O) groups is 1. The normalized spacial score (nSPS) is 15.1. The average Bonchev–Trinajstić information content (AvgIpc) is 3.01. The number of rotatable bonds is 6. The lowest BCUT2D eigenvalue weighted by Gasteiger charge is -2.34. The molecule has 0 unspecified atom stereocenters. The molecule has 10 heteroatoms. The van der Waals surface area contributed by atoms with Crippen molar-refractivity contribution in [1.82, 2.24) is 14.5 Å². The second-order valence-corrected chi connectivity index (χ2v) is 7.32. The molecule has 1 aromatic heterocycles. The summed E-state index contributed by atoms with van der Waals surface area (Å²) in [6.45, 7) is 4.12. The van der Waals surface area contributed by atoms with Crippen molar-refractivity contribution < 1.29 is 15.0 Å². The van der Waals surface area contributed by atoms with Crippen LogP contribution in [0.4, 0.5) is 16.6 Å². The molecule has 150 valence electrons. The quantitative estimate of drug-likeness (QED) is 0.660. The third-order valence-electron chi connectivity index (χ3n) is 4.54. The van der Waals surface area contributed by atoms with Crippen LogP contribution >= 0.6 is 23.2 Å². The van der Waals surface area contributed by atoms with Crippen LogP contribution in [0.2, 0.25) is 10.0 Å². The van der Waals surface area contributed by atoms with E-state index in [4.69, 9.17) is 28.3 Å². The van der Waals surface area contributed by atoms with Crippen LogP contribution in [0.3, 0.4) is 0 Å². The van der Waals surface area contributed by atoms with Crippen molar-refractivity contribution in [3.05, 3.63) is 46.1 Å². The fraction of sp³-hybridized carbons (Fsp3) is 0.333. The van der Waals surface area contributed by atoms with Gasteiger partial charge in [0.2, 0.25) is 5.95 Å². The van der Waals surface area contributed by atoms with Gasteiger partial charge in [-0.25, -0.2) is 4.79 Å². The number of amides is 2. The van der Waals surface area contributed by atoms with Crippen LogP contribution in [0.1, 0.15) is 11.3 Å². The van der Waals surface area contributed by atoms with E-state index in [1.54, 1.807) is 36.9 Å². The number of carbonyl (C=O) groups excluding carboxylic acids is 1.